The van der Waals surface area contributed by atoms with Crippen LogP contribution in [0.15, 0.2) is 53.4 Å². The van der Waals surface area contributed by atoms with E-state index in [0.717, 1.165) is 22.6 Å². The summed E-state index contributed by atoms with van der Waals surface area (Å²) in [5.41, 5.74) is 2.31. The second-order valence-corrected chi connectivity index (χ2v) is 7.23. The number of hydrogen-bond acceptors (Lipinski definition) is 4. The molecule has 116 valence electrons. The van der Waals surface area contributed by atoms with E-state index in [4.69, 9.17) is 10.2 Å². The molecule has 5 nitrogen and oxygen atoms in total. The molecule has 0 amide bonds. The van der Waals surface area contributed by atoms with Crippen molar-refractivity contribution >= 4 is 27.8 Å². The third-order valence-electron chi connectivity index (χ3n) is 2.99. The number of rotatable bonds is 6. The van der Waals surface area contributed by atoms with Crippen molar-refractivity contribution in [2.45, 2.75) is 16.4 Å². The lowest BCUT2D eigenvalue weighted by molar-refractivity contribution is 0.0697. The number of primary sulfonamides is 1. The van der Waals surface area contributed by atoms with Gasteiger partial charge in [0.2, 0.25) is 10.0 Å². The molecule has 0 fully saturated rings. The quantitative estimate of drug-likeness (QED) is 0.844. The molecule has 0 heterocycles. The van der Waals surface area contributed by atoms with Crippen LogP contribution >= 0.6 is 11.8 Å². The normalized spacial score (nSPS) is 11.3. The van der Waals surface area contributed by atoms with Crippen molar-refractivity contribution in [3.8, 4) is 0 Å². The summed E-state index contributed by atoms with van der Waals surface area (Å²) >= 11 is 1.66. The SMILES string of the molecule is NS(=O)(=O)c1ccc(CSCc2ccc(C(=O)O)cc2)cc1. The van der Waals surface area contributed by atoms with Crippen molar-refractivity contribution in [2.75, 3.05) is 0 Å². The van der Waals surface area contributed by atoms with Crippen molar-refractivity contribution in [1.82, 2.24) is 0 Å². The van der Waals surface area contributed by atoms with E-state index >= 15 is 0 Å². The van der Waals surface area contributed by atoms with E-state index in [0.29, 0.717) is 0 Å². The van der Waals surface area contributed by atoms with Crippen molar-refractivity contribution < 1.29 is 18.3 Å². The molecule has 0 radical (unpaired) electrons. The highest BCUT2D eigenvalue weighted by Crippen LogP contribution is 2.19. The predicted molar refractivity (Wildman–Crippen MR) is 86.2 cm³/mol. The van der Waals surface area contributed by atoms with Crippen molar-refractivity contribution in [3.05, 3.63) is 65.2 Å². The Hall–Kier alpha value is -1.83. The van der Waals surface area contributed by atoms with Gasteiger partial charge in [-0.2, -0.15) is 11.8 Å². The monoisotopic (exact) mass is 337 g/mol. The topological polar surface area (TPSA) is 97.5 Å². The van der Waals surface area contributed by atoms with Crippen LogP contribution in [0.25, 0.3) is 0 Å². The maximum absolute atomic E-state index is 11.1. The molecule has 22 heavy (non-hydrogen) atoms. The van der Waals surface area contributed by atoms with Crippen LogP contribution in [0.3, 0.4) is 0 Å². The number of thioether (sulfide) groups is 1. The van der Waals surface area contributed by atoms with Gasteiger partial charge < -0.3 is 5.11 Å². The first-order chi connectivity index (χ1) is 10.4. The zero-order chi connectivity index (χ0) is 16.2. The van der Waals surface area contributed by atoms with Crippen LogP contribution in [-0.4, -0.2) is 19.5 Å². The van der Waals surface area contributed by atoms with Crippen molar-refractivity contribution in [2.24, 2.45) is 5.14 Å². The van der Waals surface area contributed by atoms with Crippen LogP contribution < -0.4 is 5.14 Å². The van der Waals surface area contributed by atoms with Gasteiger partial charge in [0.25, 0.3) is 0 Å². The van der Waals surface area contributed by atoms with E-state index in [2.05, 4.69) is 0 Å². The van der Waals surface area contributed by atoms with Crippen LogP contribution in [0, 0.1) is 0 Å². The Labute approximate surface area is 133 Å². The Morgan fingerprint density at radius 3 is 1.82 bits per heavy atom. The molecular formula is C15H15NO4S2. The number of benzene rings is 2. The average Bonchev–Trinajstić information content (AvgIpc) is 2.47. The van der Waals surface area contributed by atoms with E-state index in [9.17, 15) is 13.2 Å². The summed E-state index contributed by atoms with van der Waals surface area (Å²) in [5, 5.41) is 13.9. The molecule has 0 aliphatic rings. The highest BCUT2D eigenvalue weighted by molar-refractivity contribution is 7.97. The minimum Gasteiger partial charge on any atom is -0.478 e. The van der Waals surface area contributed by atoms with Crippen LogP contribution in [0.1, 0.15) is 21.5 Å². The summed E-state index contributed by atoms with van der Waals surface area (Å²) in [6.45, 7) is 0. The first kappa shape index (κ1) is 16.5. The van der Waals surface area contributed by atoms with Crippen LogP contribution in [0.4, 0.5) is 0 Å². The number of carbonyl (C=O) groups is 1. The third-order valence-corrected chi connectivity index (χ3v) is 4.99. The van der Waals surface area contributed by atoms with E-state index < -0.39 is 16.0 Å². The van der Waals surface area contributed by atoms with Gasteiger partial charge in [0.15, 0.2) is 0 Å². The maximum Gasteiger partial charge on any atom is 0.335 e. The van der Waals surface area contributed by atoms with Crippen LogP contribution in [0.5, 0.6) is 0 Å². The van der Waals surface area contributed by atoms with Gasteiger partial charge in [-0.3, -0.25) is 0 Å². The van der Waals surface area contributed by atoms with Gasteiger partial charge in [-0.15, -0.1) is 0 Å². The summed E-state index contributed by atoms with van der Waals surface area (Å²) in [5.74, 6) is 0.539. The number of sulfonamides is 1. The molecule has 0 aliphatic carbocycles. The molecule has 2 rings (SSSR count). The Morgan fingerprint density at radius 2 is 1.41 bits per heavy atom. The molecule has 0 saturated carbocycles. The molecule has 2 aromatic rings. The summed E-state index contributed by atoms with van der Waals surface area (Å²) < 4.78 is 22.3. The molecule has 7 heteroatoms. The minimum absolute atomic E-state index is 0.102. The van der Waals surface area contributed by atoms with Gasteiger partial charge in [0.05, 0.1) is 10.5 Å². The molecular weight excluding hydrogens is 322 g/mol. The molecule has 0 aliphatic heterocycles. The zero-order valence-corrected chi connectivity index (χ0v) is 13.2. The second-order valence-electron chi connectivity index (χ2n) is 4.68. The molecule has 2 aromatic carbocycles. The summed E-state index contributed by atoms with van der Waals surface area (Å²) in [7, 11) is -3.65. The van der Waals surface area contributed by atoms with Gasteiger partial charge in [0, 0.05) is 11.5 Å². The van der Waals surface area contributed by atoms with Gasteiger partial charge in [-0.25, -0.2) is 18.4 Å². The van der Waals surface area contributed by atoms with Gasteiger partial charge in [0.1, 0.15) is 0 Å². The Bertz CT molecular complexity index is 753. The lowest BCUT2D eigenvalue weighted by Gasteiger charge is -2.04. The molecule has 0 spiro atoms. The van der Waals surface area contributed by atoms with Gasteiger partial charge >= 0.3 is 5.97 Å². The standard InChI is InChI=1S/C15H15NO4S2/c16-22(19,20)14-7-3-12(4-8-14)10-21-9-11-1-5-13(6-2-11)15(17)18/h1-8H,9-10H2,(H,17,18)(H2,16,19,20). The summed E-state index contributed by atoms with van der Waals surface area (Å²) in [6.07, 6.45) is 0. The average molecular weight is 337 g/mol. The molecule has 0 unspecified atom stereocenters. The highest BCUT2D eigenvalue weighted by atomic mass is 32.2. The zero-order valence-electron chi connectivity index (χ0n) is 11.6. The third kappa shape index (κ3) is 4.59. The molecule has 0 bridgehead atoms. The first-order valence-electron chi connectivity index (χ1n) is 6.38. The van der Waals surface area contributed by atoms with Crippen LogP contribution in [-0.2, 0) is 21.5 Å². The second kappa shape index (κ2) is 6.95. The molecule has 0 atom stereocenters. The number of nitrogens with two attached hydrogens (primary N) is 1. The number of carboxylic acids is 1. The van der Waals surface area contributed by atoms with Crippen molar-refractivity contribution in [1.29, 1.82) is 0 Å². The highest BCUT2D eigenvalue weighted by Gasteiger charge is 2.07. The minimum atomic E-state index is -3.65. The fraction of sp³-hybridized carbons (Fsp3) is 0.133. The Kier molecular flexibility index (Phi) is 5.23. The molecule has 0 aromatic heterocycles. The predicted octanol–water partition coefficient (Wildman–Crippen LogP) is 2.47. The lowest BCUT2D eigenvalue weighted by Crippen LogP contribution is -2.11. The van der Waals surface area contributed by atoms with E-state index in [1.807, 2.05) is 0 Å². The molecule has 3 N–H and O–H groups in total. The smallest absolute Gasteiger partial charge is 0.335 e. The maximum atomic E-state index is 11.1. The number of carboxylic acid groups (broad SMARTS) is 1. The number of hydrogen-bond donors (Lipinski definition) is 2. The summed E-state index contributed by atoms with van der Waals surface area (Å²) in [4.78, 5) is 10.9. The van der Waals surface area contributed by atoms with E-state index in [-0.39, 0.29) is 10.5 Å². The fourth-order valence-corrected chi connectivity index (χ4v) is 3.28. The number of aromatic carboxylic acids is 1. The Morgan fingerprint density at radius 1 is 0.955 bits per heavy atom. The fourth-order valence-electron chi connectivity index (χ4n) is 1.81. The van der Waals surface area contributed by atoms with Crippen LogP contribution in [0.2, 0.25) is 0 Å². The lowest BCUT2D eigenvalue weighted by atomic mass is 10.1. The van der Waals surface area contributed by atoms with E-state index in [1.165, 1.54) is 12.1 Å². The Balaban J connectivity index is 1.89. The van der Waals surface area contributed by atoms with E-state index in [1.54, 1.807) is 48.2 Å². The largest absolute Gasteiger partial charge is 0.478 e. The van der Waals surface area contributed by atoms with Gasteiger partial charge in [-0.05, 0) is 35.4 Å². The first-order valence-corrected chi connectivity index (χ1v) is 9.08. The van der Waals surface area contributed by atoms with Gasteiger partial charge in [-0.1, -0.05) is 24.3 Å². The summed E-state index contributed by atoms with van der Waals surface area (Å²) in [6, 6.07) is 13.2. The van der Waals surface area contributed by atoms with Crippen molar-refractivity contribution in [3.63, 3.8) is 0 Å². The molecule has 0 saturated heterocycles.